The van der Waals surface area contributed by atoms with Crippen molar-refractivity contribution in [3.8, 4) is 55.6 Å². The first-order valence-corrected chi connectivity index (χ1v) is 18.0. The Morgan fingerprint density at radius 1 is 0.135 bits per heavy atom. The highest BCUT2D eigenvalue weighted by Gasteiger charge is 2.17. The normalized spacial score (nSPS) is 11.5. The molecule has 0 aliphatic heterocycles. The molecule has 0 heterocycles. The maximum Gasteiger partial charge on any atom is -0.00987 e. The lowest BCUT2D eigenvalue weighted by atomic mass is 9.86. The molecule has 10 aromatic carbocycles. The molecular weight excluding hydrogens is 625 g/mol. The highest BCUT2D eigenvalue weighted by Crippen LogP contribution is 2.44. The first kappa shape index (κ1) is 30.1. The fraction of sp³-hybridized carbons (Fsp3) is 0. The molecule has 0 aromatic heterocycles. The van der Waals surface area contributed by atoms with Crippen molar-refractivity contribution in [1.82, 2.24) is 0 Å². The first-order valence-electron chi connectivity index (χ1n) is 18.0. The second kappa shape index (κ2) is 12.5. The zero-order valence-corrected chi connectivity index (χ0v) is 28.6. The van der Waals surface area contributed by atoms with E-state index in [-0.39, 0.29) is 0 Å². The van der Waals surface area contributed by atoms with Gasteiger partial charge in [-0.15, -0.1) is 0 Å². The molecule has 0 amide bonds. The van der Waals surface area contributed by atoms with Gasteiger partial charge in [-0.2, -0.15) is 0 Å². The third kappa shape index (κ3) is 4.92. The molecule has 0 aliphatic carbocycles. The van der Waals surface area contributed by atoms with Gasteiger partial charge in [0, 0.05) is 0 Å². The lowest BCUT2D eigenvalue weighted by Gasteiger charge is -2.18. The molecular formula is C52H34. The van der Waals surface area contributed by atoms with Gasteiger partial charge in [0.25, 0.3) is 0 Å². The van der Waals surface area contributed by atoms with E-state index >= 15 is 0 Å². The summed E-state index contributed by atoms with van der Waals surface area (Å²) in [7, 11) is 0. The Kier molecular flexibility index (Phi) is 7.25. The first-order chi connectivity index (χ1) is 25.8. The van der Waals surface area contributed by atoms with Gasteiger partial charge in [-0.05, 0) is 98.7 Å². The van der Waals surface area contributed by atoms with Crippen LogP contribution < -0.4 is 0 Å². The molecule has 0 saturated heterocycles. The van der Waals surface area contributed by atoms with Crippen LogP contribution in [-0.2, 0) is 0 Å². The van der Waals surface area contributed by atoms with Gasteiger partial charge >= 0.3 is 0 Å². The Hall–Kier alpha value is -6.76. The quantitative estimate of drug-likeness (QED) is 0.173. The van der Waals surface area contributed by atoms with Gasteiger partial charge in [0.15, 0.2) is 0 Å². The summed E-state index contributed by atoms with van der Waals surface area (Å²) in [5.41, 5.74) is 12.5. The molecule has 10 rings (SSSR count). The van der Waals surface area contributed by atoms with E-state index in [1.807, 2.05) is 0 Å². The van der Waals surface area contributed by atoms with Crippen LogP contribution in [0, 0.1) is 0 Å². The van der Waals surface area contributed by atoms with Crippen molar-refractivity contribution in [2.45, 2.75) is 0 Å². The summed E-state index contributed by atoms with van der Waals surface area (Å²) in [5.74, 6) is 0. The second-order valence-corrected chi connectivity index (χ2v) is 13.6. The Bertz CT molecular complexity index is 2780. The fourth-order valence-corrected chi connectivity index (χ4v) is 8.36. The summed E-state index contributed by atoms with van der Waals surface area (Å²) >= 11 is 0. The molecule has 0 spiro atoms. The molecule has 242 valence electrons. The predicted molar refractivity (Wildman–Crippen MR) is 224 cm³/mol. The van der Waals surface area contributed by atoms with Gasteiger partial charge in [0.1, 0.15) is 0 Å². The minimum absolute atomic E-state index is 1.24. The van der Waals surface area contributed by atoms with Crippen LogP contribution >= 0.6 is 0 Å². The van der Waals surface area contributed by atoms with Crippen LogP contribution in [0.3, 0.4) is 0 Å². The molecule has 0 fully saturated rings. The number of fused-ring (bicyclic) bond motifs is 4. The Labute approximate surface area is 303 Å². The summed E-state index contributed by atoms with van der Waals surface area (Å²) < 4.78 is 0. The lowest BCUT2D eigenvalue weighted by molar-refractivity contribution is 1.63. The van der Waals surface area contributed by atoms with Crippen molar-refractivity contribution >= 4 is 43.1 Å². The minimum atomic E-state index is 1.24. The van der Waals surface area contributed by atoms with Gasteiger partial charge in [0.2, 0.25) is 0 Å². The fourth-order valence-electron chi connectivity index (χ4n) is 8.36. The van der Waals surface area contributed by atoms with E-state index in [2.05, 4.69) is 206 Å². The second-order valence-electron chi connectivity index (χ2n) is 13.6. The summed E-state index contributed by atoms with van der Waals surface area (Å²) in [5, 5.41) is 10.1. The molecule has 0 heteroatoms. The van der Waals surface area contributed by atoms with Crippen LogP contribution in [0.15, 0.2) is 206 Å². The summed E-state index contributed by atoms with van der Waals surface area (Å²) in [6.45, 7) is 0. The molecule has 0 aliphatic rings. The number of hydrogen-bond donors (Lipinski definition) is 0. The van der Waals surface area contributed by atoms with Crippen LogP contribution in [0.4, 0.5) is 0 Å². The number of rotatable bonds is 5. The highest BCUT2D eigenvalue weighted by atomic mass is 14.2. The average Bonchev–Trinajstić information content (AvgIpc) is 3.23. The van der Waals surface area contributed by atoms with Crippen LogP contribution in [0.5, 0.6) is 0 Å². The van der Waals surface area contributed by atoms with Gasteiger partial charge in [0.05, 0.1) is 0 Å². The minimum Gasteiger partial charge on any atom is -0.0622 e. The van der Waals surface area contributed by atoms with E-state index in [0.717, 1.165) is 0 Å². The highest BCUT2D eigenvalue weighted by molar-refractivity contribution is 6.16. The van der Waals surface area contributed by atoms with Gasteiger partial charge in [-0.3, -0.25) is 0 Å². The summed E-state index contributed by atoms with van der Waals surface area (Å²) in [4.78, 5) is 0. The summed E-state index contributed by atoms with van der Waals surface area (Å²) in [6, 6.07) is 75.4. The van der Waals surface area contributed by atoms with Crippen molar-refractivity contribution < 1.29 is 0 Å². The third-order valence-corrected chi connectivity index (χ3v) is 10.7. The lowest BCUT2D eigenvalue weighted by Crippen LogP contribution is -1.91. The zero-order valence-electron chi connectivity index (χ0n) is 28.6. The average molecular weight is 659 g/mol. The topological polar surface area (TPSA) is 0 Å². The van der Waals surface area contributed by atoms with E-state index in [1.54, 1.807) is 0 Å². The number of benzene rings is 10. The SMILES string of the molecule is c1ccc(-c2ccc(-c3cccc4c(-c5ccc(-c6ccc(-c7ccccc7)c7ccccc67)c6ccccc56)cccc34)c3ccccc23)cc1. The van der Waals surface area contributed by atoms with E-state index in [9.17, 15) is 0 Å². The Morgan fingerprint density at radius 3 is 0.654 bits per heavy atom. The molecule has 0 saturated carbocycles. The van der Waals surface area contributed by atoms with Gasteiger partial charge < -0.3 is 0 Å². The smallest absolute Gasteiger partial charge is 0.00987 e. The van der Waals surface area contributed by atoms with E-state index in [0.29, 0.717) is 0 Å². The van der Waals surface area contributed by atoms with Crippen LogP contribution in [0.1, 0.15) is 0 Å². The molecule has 0 radical (unpaired) electrons. The largest absolute Gasteiger partial charge is 0.0622 e. The van der Waals surface area contributed by atoms with Crippen molar-refractivity contribution in [3.63, 3.8) is 0 Å². The maximum atomic E-state index is 2.34. The zero-order chi connectivity index (χ0) is 34.4. The van der Waals surface area contributed by atoms with E-state index in [1.165, 1.54) is 98.7 Å². The maximum absolute atomic E-state index is 2.34. The summed E-state index contributed by atoms with van der Waals surface area (Å²) in [6.07, 6.45) is 0. The molecule has 0 unspecified atom stereocenters. The monoisotopic (exact) mass is 658 g/mol. The molecule has 0 N–H and O–H groups in total. The van der Waals surface area contributed by atoms with Crippen molar-refractivity contribution in [2.24, 2.45) is 0 Å². The van der Waals surface area contributed by atoms with Crippen molar-refractivity contribution in [1.29, 1.82) is 0 Å². The van der Waals surface area contributed by atoms with E-state index in [4.69, 9.17) is 0 Å². The van der Waals surface area contributed by atoms with Crippen molar-refractivity contribution in [2.75, 3.05) is 0 Å². The van der Waals surface area contributed by atoms with Crippen LogP contribution in [-0.4, -0.2) is 0 Å². The molecule has 0 bridgehead atoms. The molecule has 10 aromatic rings. The van der Waals surface area contributed by atoms with Gasteiger partial charge in [-0.25, -0.2) is 0 Å². The Morgan fingerprint density at radius 2 is 0.346 bits per heavy atom. The number of hydrogen-bond acceptors (Lipinski definition) is 0. The molecule has 52 heavy (non-hydrogen) atoms. The van der Waals surface area contributed by atoms with Crippen molar-refractivity contribution in [3.05, 3.63) is 206 Å². The van der Waals surface area contributed by atoms with Crippen LogP contribution in [0.2, 0.25) is 0 Å². The Balaban J connectivity index is 1.14. The van der Waals surface area contributed by atoms with Gasteiger partial charge in [-0.1, -0.05) is 206 Å². The standard InChI is InChI=1S/C52H34/c1-3-15-35(16-4-1)37-29-31-49(41-21-9-7-19-39(37)41)47-27-13-26-46-45(47)25-14-28-48(46)50-33-34-52(44-24-12-11-23-43(44)50)51-32-30-38(36-17-5-2-6-18-36)40-20-8-10-22-42(40)51/h1-34H. The third-order valence-electron chi connectivity index (χ3n) is 10.7. The van der Waals surface area contributed by atoms with Crippen LogP contribution in [0.25, 0.3) is 98.7 Å². The molecule has 0 nitrogen and oxygen atoms in total. The molecule has 0 atom stereocenters. The van der Waals surface area contributed by atoms with E-state index < -0.39 is 0 Å². The predicted octanol–water partition coefficient (Wildman–Crippen LogP) is 14.6.